The smallest absolute Gasteiger partial charge is 0.0279 e. The second-order valence-corrected chi connectivity index (χ2v) is 3.35. The highest BCUT2D eigenvalue weighted by atomic mass is 13.9. The Labute approximate surface area is 88.7 Å². The Morgan fingerprint density at radius 2 is 1.71 bits per heavy atom. The first kappa shape index (κ1) is 13.0. The van der Waals surface area contributed by atoms with Crippen molar-refractivity contribution in [3.63, 3.8) is 0 Å². The van der Waals surface area contributed by atoms with Crippen LogP contribution in [0.2, 0.25) is 0 Å². The van der Waals surface area contributed by atoms with Crippen molar-refractivity contribution in [1.82, 2.24) is 0 Å². The van der Waals surface area contributed by atoms with E-state index >= 15 is 0 Å². The standard InChI is InChI=1S/C11H16.C3H6/c1-2-3-5-8-11-9-6-4-7-10-11;1-3-2/h4,6-7,9-10H,2-3,5,8H2,1H3;3H,1H2,2H3. The lowest BCUT2D eigenvalue weighted by atomic mass is 10.1. The molecule has 1 aromatic rings. The first-order chi connectivity index (χ1) is 6.85. The van der Waals surface area contributed by atoms with Crippen LogP contribution in [0.25, 0.3) is 0 Å². The van der Waals surface area contributed by atoms with Crippen LogP contribution in [-0.2, 0) is 6.42 Å². The molecule has 0 N–H and O–H groups in total. The SMILES string of the molecule is C=CC.CCCCCc1ccccc1. The molecule has 0 saturated carbocycles. The van der Waals surface area contributed by atoms with Crippen molar-refractivity contribution in [3.05, 3.63) is 48.6 Å². The molecule has 0 atom stereocenters. The Morgan fingerprint density at radius 3 is 2.21 bits per heavy atom. The summed E-state index contributed by atoms with van der Waals surface area (Å²) in [5.74, 6) is 0. The van der Waals surface area contributed by atoms with Crippen LogP contribution in [0.1, 0.15) is 38.7 Å². The van der Waals surface area contributed by atoms with Crippen LogP contribution in [-0.4, -0.2) is 0 Å². The summed E-state index contributed by atoms with van der Waals surface area (Å²) in [5, 5.41) is 0. The second kappa shape index (κ2) is 10.0. The van der Waals surface area contributed by atoms with Crippen LogP contribution in [0.5, 0.6) is 0 Å². The quantitative estimate of drug-likeness (QED) is 0.480. The Bertz CT molecular complexity index is 211. The van der Waals surface area contributed by atoms with E-state index in [1.807, 2.05) is 6.92 Å². The number of benzene rings is 1. The Kier molecular flexibility index (Phi) is 9.30. The minimum absolute atomic E-state index is 1.24. The summed E-state index contributed by atoms with van der Waals surface area (Å²) in [6.07, 6.45) is 7.00. The molecule has 0 saturated heterocycles. The molecule has 0 amide bonds. The molecule has 0 aliphatic heterocycles. The van der Waals surface area contributed by atoms with Gasteiger partial charge < -0.3 is 0 Å². The summed E-state index contributed by atoms with van der Waals surface area (Å²) in [6.45, 7) is 7.49. The molecule has 0 aromatic heterocycles. The van der Waals surface area contributed by atoms with Crippen molar-refractivity contribution >= 4 is 0 Å². The molecular formula is C14H22. The van der Waals surface area contributed by atoms with Gasteiger partial charge in [0.25, 0.3) is 0 Å². The number of hydrogen-bond acceptors (Lipinski definition) is 0. The molecule has 0 unspecified atom stereocenters. The topological polar surface area (TPSA) is 0 Å². The van der Waals surface area contributed by atoms with E-state index in [0.717, 1.165) is 0 Å². The van der Waals surface area contributed by atoms with Crippen molar-refractivity contribution in [2.75, 3.05) is 0 Å². The number of unbranched alkanes of at least 4 members (excludes halogenated alkanes) is 2. The highest BCUT2D eigenvalue weighted by Gasteiger charge is 1.89. The van der Waals surface area contributed by atoms with Crippen LogP contribution >= 0.6 is 0 Å². The first-order valence-electron chi connectivity index (χ1n) is 5.46. The molecule has 0 nitrogen and oxygen atoms in total. The summed E-state index contributed by atoms with van der Waals surface area (Å²) in [7, 11) is 0. The summed E-state index contributed by atoms with van der Waals surface area (Å²) in [5.41, 5.74) is 1.47. The lowest BCUT2D eigenvalue weighted by molar-refractivity contribution is 0.717. The summed E-state index contributed by atoms with van der Waals surface area (Å²) >= 11 is 0. The van der Waals surface area contributed by atoms with Gasteiger partial charge in [-0.3, -0.25) is 0 Å². The minimum atomic E-state index is 1.24. The van der Waals surface area contributed by atoms with E-state index in [2.05, 4.69) is 43.8 Å². The van der Waals surface area contributed by atoms with Gasteiger partial charge >= 0.3 is 0 Å². The Balaban J connectivity index is 0.000000500. The van der Waals surface area contributed by atoms with Crippen LogP contribution < -0.4 is 0 Å². The zero-order valence-electron chi connectivity index (χ0n) is 9.50. The molecule has 0 heteroatoms. The Hall–Kier alpha value is -1.04. The number of aryl methyl sites for hydroxylation is 1. The van der Waals surface area contributed by atoms with Gasteiger partial charge in [0.05, 0.1) is 0 Å². The lowest BCUT2D eigenvalue weighted by Gasteiger charge is -1.98. The molecule has 0 radical (unpaired) electrons. The van der Waals surface area contributed by atoms with E-state index in [4.69, 9.17) is 0 Å². The van der Waals surface area contributed by atoms with Crippen LogP contribution in [0.15, 0.2) is 43.0 Å². The van der Waals surface area contributed by atoms with E-state index in [9.17, 15) is 0 Å². The molecular weight excluding hydrogens is 168 g/mol. The fraction of sp³-hybridized carbons (Fsp3) is 0.429. The van der Waals surface area contributed by atoms with E-state index in [0.29, 0.717) is 0 Å². The summed E-state index contributed by atoms with van der Waals surface area (Å²) in [6, 6.07) is 10.7. The molecule has 0 heterocycles. The molecule has 0 fully saturated rings. The van der Waals surface area contributed by atoms with Crippen molar-refractivity contribution in [2.24, 2.45) is 0 Å². The molecule has 0 aliphatic carbocycles. The molecule has 1 rings (SSSR count). The maximum absolute atomic E-state index is 3.36. The van der Waals surface area contributed by atoms with Gasteiger partial charge in [0.1, 0.15) is 0 Å². The van der Waals surface area contributed by atoms with Crippen molar-refractivity contribution in [3.8, 4) is 0 Å². The zero-order chi connectivity index (χ0) is 10.6. The summed E-state index contributed by atoms with van der Waals surface area (Å²) < 4.78 is 0. The third kappa shape index (κ3) is 7.60. The second-order valence-electron chi connectivity index (χ2n) is 3.35. The average molecular weight is 190 g/mol. The normalized spacial score (nSPS) is 8.71. The lowest BCUT2D eigenvalue weighted by Crippen LogP contribution is -1.83. The van der Waals surface area contributed by atoms with Crippen LogP contribution in [0, 0.1) is 0 Å². The fourth-order valence-corrected chi connectivity index (χ4v) is 1.22. The van der Waals surface area contributed by atoms with Gasteiger partial charge in [0.15, 0.2) is 0 Å². The first-order valence-corrected chi connectivity index (χ1v) is 5.46. The van der Waals surface area contributed by atoms with E-state index < -0.39 is 0 Å². The van der Waals surface area contributed by atoms with Gasteiger partial charge in [-0.1, -0.05) is 56.2 Å². The van der Waals surface area contributed by atoms with Gasteiger partial charge in [-0.05, 0) is 25.3 Å². The molecule has 14 heavy (non-hydrogen) atoms. The van der Waals surface area contributed by atoms with Gasteiger partial charge in [-0.15, -0.1) is 6.58 Å². The zero-order valence-corrected chi connectivity index (χ0v) is 9.50. The Morgan fingerprint density at radius 1 is 1.14 bits per heavy atom. The van der Waals surface area contributed by atoms with Crippen LogP contribution in [0.3, 0.4) is 0 Å². The molecule has 78 valence electrons. The highest BCUT2D eigenvalue weighted by Crippen LogP contribution is 2.05. The number of allylic oxidation sites excluding steroid dienone is 1. The third-order valence-corrected chi connectivity index (χ3v) is 1.91. The number of hydrogen-bond donors (Lipinski definition) is 0. The highest BCUT2D eigenvalue weighted by molar-refractivity contribution is 5.14. The molecule has 0 bridgehead atoms. The largest absolute Gasteiger partial charge is 0.103 e. The molecule has 0 spiro atoms. The van der Waals surface area contributed by atoms with E-state index in [-0.39, 0.29) is 0 Å². The fourth-order valence-electron chi connectivity index (χ4n) is 1.22. The van der Waals surface area contributed by atoms with E-state index in [1.165, 1.54) is 31.2 Å². The maximum Gasteiger partial charge on any atom is -0.0279 e. The van der Waals surface area contributed by atoms with Crippen molar-refractivity contribution < 1.29 is 0 Å². The van der Waals surface area contributed by atoms with Gasteiger partial charge in [-0.25, -0.2) is 0 Å². The number of rotatable bonds is 4. The van der Waals surface area contributed by atoms with Gasteiger partial charge in [-0.2, -0.15) is 0 Å². The monoisotopic (exact) mass is 190 g/mol. The van der Waals surface area contributed by atoms with Crippen molar-refractivity contribution in [1.29, 1.82) is 0 Å². The maximum atomic E-state index is 3.36. The minimum Gasteiger partial charge on any atom is -0.103 e. The van der Waals surface area contributed by atoms with Gasteiger partial charge in [0.2, 0.25) is 0 Å². The van der Waals surface area contributed by atoms with E-state index in [1.54, 1.807) is 6.08 Å². The average Bonchev–Trinajstić information content (AvgIpc) is 2.21. The molecule has 1 aromatic carbocycles. The third-order valence-electron chi connectivity index (χ3n) is 1.91. The van der Waals surface area contributed by atoms with Crippen molar-refractivity contribution in [2.45, 2.75) is 39.5 Å². The van der Waals surface area contributed by atoms with Gasteiger partial charge in [0, 0.05) is 0 Å². The summed E-state index contributed by atoms with van der Waals surface area (Å²) in [4.78, 5) is 0. The predicted octanol–water partition coefficient (Wildman–Crippen LogP) is 4.61. The van der Waals surface area contributed by atoms with Crippen LogP contribution in [0.4, 0.5) is 0 Å². The predicted molar refractivity (Wildman–Crippen MR) is 65.5 cm³/mol. The molecule has 0 aliphatic rings.